The molecule has 0 saturated carbocycles. The Hall–Kier alpha value is -0.720. The molecule has 0 amide bonds. The molecule has 0 fully saturated rings. The largest absolute Gasteiger partial charge is 0.598 e. The summed E-state index contributed by atoms with van der Waals surface area (Å²) in [4.78, 5) is 0. The zero-order valence-electron chi connectivity index (χ0n) is 11.3. The molecule has 0 aromatic heterocycles. The van der Waals surface area contributed by atoms with Crippen LogP contribution in [-0.2, 0) is 11.4 Å². The van der Waals surface area contributed by atoms with Crippen LogP contribution in [0.2, 0.25) is 0 Å². The highest BCUT2D eigenvalue weighted by atomic mass is 32.2. The molecule has 0 aliphatic carbocycles. The Bertz CT molecular complexity index is 411. The van der Waals surface area contributed by atoms with E-state index in [1.54, 1.807) is 39.8 Å². The van der Waals surface area contributed by atoms with Crippen LogP contribution in [0.4, 0.5) is 13.2 Å². The SMILES string of the molecule is Cc1ccc(C(N[S@+]([O-])C(C)(C)C)C(F)(F)F)cc1. The van der Waals surface area contributed by atoms with Crippen LogP contribution < -0.4 is 4.72 Å². The van der Waals surface area contributed by atoms with Crippen molar-refractivity contribution in [2.45, 2.75) is 44.7 Å². The van der Waals surface area contributed by atoms with Crippen molar-refractivity contribution in [3.05, 3.63) is 35.4 Å². The first kappa shape index (κ1) is 16.3. The lowest BCUT2D eigenvalue weighted by Gasteiger charge is -2.29. The first-order valence-electron chi connectivity index (χ1n) is 5.83. The summed E-state index contributed by atoms with van der Waals surface area (Å²) in [6, 6.07) is 4.10. The Labute approximate surface area is 114 Å². The summed E-state index contributed by atoms with van der Waals surface area (Å²) in [6.07, 6.45) is -4.49. The first-order chi connectivity index (χ1) is 8.51. The van der Waals surface area contributed by atoms with E-state index < -0.39 is 28.3 Å². The number of hydrogen-bond acceptors (Lipinski definition) is 2. The molecular weight excluding hydrogens is 275 g/mol. The number of nitrogens with one attached hydrogen (secondary N) is 1. The molecule has 108 valence electrons. The molecule has 0 bridgehead atoms. The Balaban J connectivity index is 3.00. The van der Waals surface area contributed by atoms with Crippen LogP contribution in [0.5, 0.6) is 0 Å². The second-order valence-electron chi connectivity index (χ2n) is 5.38. The molecule has 1 aromatic rings. The minimum absolute atomic E-state index is 0.0655. The van der Waals surface area contributed by atoms with E-state index in [1.807, 2.05) is 0 Å². The molecule has 19 heavy (non-hydrogen) atoms. The van der Waals surface area contributed by atoms with Crippen molar-refractivity contribution < 1.29 is 17.7 Å². The Morgan fingerprint density at radius 3 is 1.95 bits per heavy atom. The molecule has 1 N–H and O–H groups in total. The maximum absolute atomic E-state index is 13.1. The van der Waals surface area contributed by atoms with E-state index in [1.165, 1.54) is 12.1 Å². The standard InChI is InChI=1S/C13H18F3NOS/c1-9-5-7-10(8-6-9)11(13(14,15)16)17-19(18)12(2,3)4/h5-8,11,17H,1-4H3/t11?,19-/m1/s1. The van der Waals surface area contributed by atoms with Gasteiger partial charge in [0.15, 0.2) is 6.04 Å². The van der Waals surface area contributed by atoms with E-state index in [-0.39, 0.29) is 5.56 Å². The molecular formula is C13H18F3NOS. The zero-order valence-corrected chi connectivity index (χ0v) is 12.2. The van der Waals surface area contributed by atoms with Gasteiger partial charge in [0.2, 0.25) is 0 Å². The van der Waals surface area contributed by atoms with Gasteiger partial charge in [-0.3, -0.25) is 0 Å². The average molecular weight is 293 g/mol. The molecule has 1 rings (SSSR count). The molecule has 2 nitrogen and oxygen atoms in total. The summed E-state index contributed by atoms with van der Waals surface area (Å²) in [5.74, 6) is 0. The Morgan fingerprint density at radius 2 is 1.58 bits per heavy atom. The summed E-state index contributed by atoms with van der Waals surface area (Å²) < 4.78 is 52.5. The van der Waals surface area contributed by atoms with Gasteiger partial charge >= 0.3 is 6.18 Å². The third-order valence-corrected chi connectivity index (χ3v) is 4.08. The fourth-order valence-corrected chi connectivity index (χ4v) is 2.20. The van der Waals surface area contributed by atoms with Crippen molar-refractivity contribution in [1.82, 2.24) is 4.72 Å². The second-order valence-corrected chi connectivity index (χ2v) is 7.38. The fourth-order valence-electron chi connectivity index (χ4n) is 1.37. The topological polar surface area (TPSA) is 35.1 Å². The summed E-state index contributed by atoms with van der Waals surface area (Å²) >= 11 is -1.79. The summed E-state index contributed by atoms with van der Waals surface area (Å²) in [7, 11) is 0. The monoisotopic (exact) mass is 293 g/mol. The van der Waals surface area contributed by atoms with E-state index in [0.717, 1.165) is 5.56 Å². The van der Waals surface area contributed by atoms with Crippen molar-refractivity contribution in [2.24, 2.45) is 0 Å². The molecule has 1 aromatic carbocycles. The van der Waals surface area contributed by atoms with Gasteiger partial charge in [0.05, 0.1) is 0 Å². The van der Waals surface area contributed by atoms with Crippen molar-refractivity contribution in [3.63, 3.8) is 0 Å². The Morgan fingerprint density at radius 1 is 1.11 bits per heavy atom. The zero-order chi connectivity index (χ0) is 14.8. The minimum Gasteiger partial charge on any atom is -0.598 e. The van der Waals surface area contributed by atoms with Gasteiger partial charge < -0.3 is 4.55 Å². The summed E-state index contributed by atoms with van der Waals surface area (Å²) in [6.45, 7) is 6.67. The van der Waals surface area contributed by atoms with Crippen molar-refractivity contribution in [1.29, 1.82) is 0 Å². The van der Waals surface area contributed by atoms with Crippen LogP contribution in [0, 0.1) is 6.92 Å². The highest BCUT2D eigenvalue weighted by molar-refractivity contribution is 7.90. The van der Waals surface area contributed by atoms with E-state index in [4.69, 9.17) is 0 Å². The molecule has 1 unspecified atom stereocenters. The lowest BCUT2D eigenvalue weighted by molar-refractivity contribution is -0.153. The molecule has 0 radical (unpaired) electrons. The van der Waals surface area contributed by atoms with Crippen molar-refractivity contribution >= 4 is 11.4 Å². The van der Waals surface area contributed by atoms with E-state index >= 15 is 0 Å². The van der Waals surface area contributed by atoms with Gasteiger partial charge in [-0.2, -0.15) is 13.2 Å². The fraction of sp³-hybridized carbons (Fsp3) is 0.538. The van der Waals surface area contributed by atoms with Crippen molar-refractivity contribution in [3.8, 4) is 0 Å². The minimum atomic E-state index is -4.49. The van der Waals surface area contributed by atoms with Crippen LogP contribution in [0.3, 0.4) is 0 Å². The number of rotatable bonds is 3. The highest BCUT2D eigenvalue weighted by Crippen LogP contribution is 2.34. The predicted octanol–water partition coefficient (Wildman–Crippen LogP) is 3.65. The average Bonchev–Trinajstić information content (AvgIpc) is 2.24. The normalized spacial score (nSPS) is 16.2. The van der Waals surface area contributed by atoms with E-state index in [2.05, 4.69) is 4.72 Å². The molecule has 0 aliphatic heterocycles. The first-order valence-corrected chi connectivity index (χ1v) is 6.98. The van der Waals surface area contributed by atoms with Gasteiger partial charge in [-0.1, -0.05) is 29.8 Å². The van der Waals surface area contributed by atoms with Crippen LogP contribution in [0.1, 0.15) is 37.9 Å². The quantitative estimate of drug-likeness (QED) is 0.863. The molecule has 2 atom stereocenters. The van der Waals surface area contributed by atoms with Gasteiger partial charge in [-0.15, -0.1) is 4.72 Å². The number of aryl methyl sites for hydroxylation is 1. The van der Waals surface area contributed by atoms with Crippen LogP contribution in [0.25, 0.3) is 0 Å². The van der Waals surface area contributed by atoms with Gasteiger partial charge in [-0.05, 0) is 33.3 Å². The second kappa shape index (κ2) is 5.73. The number of alkyl halides is 3. The molecule has 0 aliphatic rings. The van der Waals surface area contributed by atoms with E-state index in [0.29, 0.717) is 0 Å². The molecule has 6 heteroatoms. The maximum Gasteiger partial charge on any atom is 0.412 e. The van der Waals surface area contributed by atoms with Crippen molar-refractivity contribution in [2.75, 3.05) is 0 Å². The third kappa shape index (κ3) is 4.71. The lowest BCUT2D eigenvalue weighted by atomic mass is 10.1. The summed E-state index contributed by atoms with van der Waals surface area (Å²) in [5.41, 5.74) is 0.942. The molecule has 0 spiro atoms. The van der Waals surface area contributed by atoms with Gasteiger partial charge in [-0.25, -0.2) is 0 Å². The van der Waals surface area contributed by atoms with Crippen LogP contribution in [0.15, 0.2) is 24.3 Å². The summed E-state index contributed by atoms with van der Waals surface area (Å²) in [5, 5.41) is 0. The highest BCUT2D eigenvalue weighted by Gasteiger charge is 2.45. The molecule has 0 saturated heterocycles. The number of hydrogen-bond donors (Lipinski definition) is 1. The van der Waals surface area contributed by atoms with Crippen LogP contribution in [-0.4, -0.2) is 15.5 Å². The van der Waals surface area contributed by atoms with Gasteiger partial charge in [0.25, 0.3) is 0 Å². The number of benzene rings is 1. The lowest BCUT2D eigenvalue weighted by Crippen LogP contribution is -2.45. The van der Waals surface area contributed by atoms with Gasteiger partial charge in [0.1, 0.15) is 4.75 Å². The maximum atomic E-state index is 13.1. The van der Waals surface area contributed by atoms with Crippen LogP contribution >= 0.6 is 0 Å². The smallest absolute Gasteiger partial charge is 0.412 e. The third-order valence-electron chi connectivity index (χ3n) is 2.52. The molecule has 0 heterocycles. The Kier molecular flexibility index (Phi) is 4.92. The number of halogens is 3. The van der Waals surface area contributed by atoms with E-state index in [9.17, 15) is 17.7 Å². The van der Waals surface area contributed by atoms with Gasteiger partial charge in [0, 0.05) is 11.4 Å². The predicted molar refractivity (Wildman–Crippen MR) is 71.0 cm³/mol.